The Bertz CT molecular complexity index is 867. The predicted octanol–water partition coefficient (Wildman–Crippen LogP) is 3.53. The monoisotopic (exact) mass is 479 g/mol. The molecule has 4 rings (SSSR count). The number of ether oxygens (including phenoxy) is 1. The number of nitrogens with zero attached hydrogens (tertiary/aromatic N) is 3. The molecule has 2 fully saturated rings. The van der Waals surface area contributed by atoms with Crippen LogP contribution in [0.3, 0.4) is 0 Å². The highest BCUT2D eigenvalue weighted by atomic mass is 32.2. The van der Waals surface area contributed by atoms with Gasteiger partial charge in [0.2, 0.25) is 11.0 Å². The van der Waals surface area contributed by atoms with E-state index in [4.69, 9.17) is 4.74 Å². The third kappa shape index (κ3) is 6.40. The fourth-order valence-corrected chi connectivity index (χ4v) is 5.99. The Morgan fingerprint density at radius 1 is 1.16 bits per heavy atom. The van der Waals surface area contributed by atoms with E-state index in [0.717, 1.165) is 49.0 Å². The standard InChI is InChI=1S/C22H30FN5O2S2/c23-18-6-4-17(5-7-18)14-24-20-26-27-21(32-20)31-15-19(29)25-16-22(8-2-1-3-9-22)28-10-12-30-13-11-28/h4-7H,1-3,8-16H2,(H,24,26)(H,25,29). The molecule has 0 radical (unpaired) electrons. The Labute approximate surface area is 196 Å². The van der Waals surface area contributed by atoms with Gasteiger partial charge in [-0.15, -0.1) is 10.2 Å². The van der Waals surface area contributed by atoms with Crippen LogP contribution in [0.4, 0.5) is 9.52 Å². The fourth-order valence-electron chi connectivity index (χ4n) is 4.41. The second-order valence-electron chi connectivity index (χ2n) is 8.30. The molecule has 0 unspecified atom stereocenters. The van der Waals surface area contributed by atoms with Gasteiger partial charge in [0.15, 0.2) is 4.34 Å². The molecule has 7 nitrogen and oxygen atoms in total. The van der Waals surface area contributed by atoms with Crippen LogP contribution < -0.4 is 10.6 Å². The van der Waals surface area contributed by atoms with Crippen molar-refractivity contribution in [1.29, 1.82) is 0 Å². The number of benzene rings is 1. The van der Waals surface area contributed by atoms with Gasteiger partial charge in [-0.05, 0) is 30.5 Å². The number of halogens is 1. The molecular formula is C22H30FN5O2S2. The number of thioether (sulfide) groups is 1. The summed E-state index contributed by atoms with van der Waals surface area (Å²) in [6.45, 7) is 4.70. The summed E-state index contributed by atoms with van der Waals surface area (Å²) in [7, 11) is 0. The Morgan fingerprint density at radius 2 is 1.91 bits per heavy atom. The Kier molecular flexibility index (Phi) is 8.34. The van der Waals surface area contributed by atoms with E-state index in [1.807, 2.05) is 0 Å². The number of rotatable bonds is 9. The second kappa shape index (κ2) is 11.4. The van der Waals surface area contributed by atoms with Gasteiger partial charge in [0, 0.05) is 31.7 Å². The zero-order valence-electron chi connectivity index (χ0n) is 18.1. The van der Waals surface area contributed by atoms with Crippen molar-refractivity contribution >= 4 is 34.1 Å². The average Bonchev–Trinajstić information content (AvgIpc) is 3.30. The maximum absolute atomic E-state index is 13.0. The van der Waals surface area contributed by atoms with Gasteiger partial charge >= 0.3 is 0 Å². The molecule has 1 saturated carbocycles. The van der Waals surface area contributed by atoms with E-state index in [9.17, 15) is 9.18 Å². The first-order valence-corrected chi connectivity index (χ1v) is 13.0. The van der Waals surface area contributed by atoms with Gasteiger partial charge in [0.05, 0.1) is 19.0 Å². The van der Waals surface area contributed by atoms with Gasteiger partial charge in [-0.25, -0.2) is 4.39 Å². The quantitative estimate of drug-likeness (QED) is 0.533. The van der Waals surface area contributed by atoms with E-state index < -0.39 is 0 Å². The molecule has 174 valence electrons. The van der Waals surface area contributed by atoms with Crippen LogP contribution in [0.2, 0.25) is 0 Å². The van der Waals surface area contributed by atoms with Crippen LogP contribution >= 0.6 is 23.1 Å². The highest BCUT2D eigenvalue weighted by Crippen LogP contribution is 2.34. The molecule has 1 aromatic carbocycles. The van der Waals surface area contributed by atoms with Gasteiger partial charge in [-0.2, -0.15) is 0 Å². The summed E-state index contributed by atoms with van der Waals surface area (Å²) in [5.41, 5.74) is 1.04. The van der Waals surface area contributed by atoms with Crippen molar-refractivity contribution in [2.45, 2.75) is 48.5 Å². The molecule has 0 atom stereocenters. The van der Waals surface area contributed by atoms with Crippen molar-refractivity contribution in [3.05, 3.63) is 35.6 Å². The molecule has 2 heterocycles. The van der Waals surface area contributed by atoms with E-state index in [0.29, 0.717) is 24.0 Å². The van der Waals surface area contributed by atoms with Crippen molar-refractivity contribution in [3.63, 3.8) is 0 Å². The van der Waals surface area contributed by atoms with Crippen LogP contribution in [0, 0.1) is 5.82 Å². The minimum Gasteiger partial charge on any atom is -0.379 e. The smallest absolute Gasteiger partial charge is 0.230 e. The number of anilines is 1. The maximum Gasteiger partial charge on any atom is 0.230 e. The molecule has 0 spiro atoms. The van der Waals surface area contributed by atoms with Gasteiger partial charge in [-0.1, -0.05) is 54.5 Å². The van der Waals surface area contributed by atoms with Gasteiger partial charge in [0.1, 0.15) is 5.82 Å². The molecule has 0 bridgehead atoms. The lowest BCUT2D eigenvalue weighted by atomic mass is 9.79. The van der Waals surface area contributed by atoms with Crippen molar-refractivity contribution in [1.82, 2.24) is 20.4 Å². The second-order valence-corrected chi connectivity index (χ2v) is 10.5. The molecule has 1 aromatic heterocycles. The number of aromatic nitrogens is 2. The summed E-state index contributed by atoms with van der Waals surface area (Å²) in [5.74, 6) is 0.108. The number of hydrogen-bond donors (Lipinski definition) is 2. The van der Waals surface area contributed by atoms with Crippen molar-refractivity contribution in [2.24, 2.45) is 0 Å². The van der Waals surface area contributed by atoms with Crippen LogP contribution in [0.1, 0.15) is 37.7 Å². The Morgan fingerprint density at radius 3 is 2.66 bits per heavy atom. The zero-order chi connectivity index (χ0) is 22.2. The molecule has 2 N–H and O–H groups in total. The molecule has 1 aliphatic heterocycles. The molecule has 2 aromatic rings. The zero-order valence-corrected chi connectivity index (χ0v) is 19.8. The first kappa shape index (κ1) is 23.4. The summed E-state index contributed by atoms with van der Waals surface area (Å²) >= 11 is 2.82. The lowest BCUT2D eigenvalue weighted by Gasteiger charge is -2.48. The first-order chi connectivity index (χ1) is 15.6. The van der Waals surface area contributed by atoms with Crippen molar-refractivity contribution in [3.8, 4) is 0 Å². The van der Waals surface area contributed by atoms with E-state index in [2.05, 4.69) is 25.7 Å². The summed E-state index contributed by atoms with van der Waals surface area (Å²) in [5, 5.41) is 15.4. The highest BCUT2D eigenvalue weighted by Gasteiger charge is 2.38. The van der Waals surface area contributed by atoms with E-state index in [1.54, 1.807) is 12.1 Å². The Hall–Kier alpha value is -1.75. The van der Waals surface area contributed by atoms with Crippen LogP contribution in [-0.2, 0) is 16.1 Å². The van der Waals surface area contributed by atoms with E-state index in [-0.39, 0.29) is 17.3 Å². The topological polar surface area (TPSA) is 79.4 Å². The maximum atomic E-state index is 13.0. The number of nitrogens with one attached hydrogen (secondary N) is 2. The fraction of sp³-hybridized carbons (Fsp3) is 0.591. The highest BCUT2D eigenvalue weighted by molar-refractivity contribution is 8.01. The summed E-state index contributed by atoms with van der Waals surface area (Å²) < 4.78 is 19.3. The van der Waals surface area contributed by atoms with Gasteiger partial charge < -0.3 is 15.4 Å². The van der Waals surface area contributed by atoms with Crippen LogP contribution in [-0.4, -0.2) is 65.1 Å². The summed E-state index contributed by atoms with van der Waals surface area (Å²) in [6.07, 6.45) is 6.01. The largest absolute Gasteiger partial charge is 0.379 e. The molecular weight excluding hydrogens is 449 g/mol. The number of carbonyl (C=O) groups excluding carboxylic acids is 1. The molecule has 2 aliphatic rings. The molecule has 10 heteroatoms. The van der Waals surface area contributed by atoms with Crippen molar-refractivity contribution in [2.75, 3.05) is 43.9 Å². The number of morpholine rings is 1. The molecule has 32 heavy (non-hydrogen) atoms. The van der Waals surface area contributed by atoms with E-state index >= 15 is 0 Å². The SMILES string of the molecule is O=C(CSc1nnc(NCc2ccc(F)cc2)s1)NCC1(N2CCOCC2)CCCCC1. The van der Waals surface area contributed by atoms with Gasteiger partial charge in [0.25, 0.3) is 0 Å². The van der Waals surface area contributed by atoms with Crippen LogP contribution in [0.25, 0.3) is 0 Å². The number of carbonyl (C=O) groups is 1. The molecule has 1 saturated heterocycles. The lowest BCUT2D eigenvalue weighted by Crippen LogP contribution is -2.59. The minimum absolute atomic E-state index is 0.0317. The predicted molar refractivity (Wildman–Crippen MR) is 126 cm³/mol. The molecule has 1 amide bonds. The normalized spacial score (nSPS) is 18.9. The van der Waals surface area contributed by atoms with Crippen LogP contribution in [0.5, 0.6) is 0 Å². The number of amides is 1. The summed E-state index contributed by atoms with van der Waals surface area (Å²) in [6, 6.07) is 6.35. The molecule has 1 aliphatic carbocycles. The van der Waals surface area contributed by atoms with Gasteiger partial charge in [-0.3, -0.25) is 9.69 Å². The first-order valence-electron chi connectivity index (χ1n) is 11.2. The third-order valence-electron chi connectivity index (χ3n) is 6.17. The minimum atomic E-state index is -0.249. The van der Waals surface area contributed by atoms with E-state index in [1.165, 1.54) is 54.5 Å². The summed E-state index contributed by atoms with van der Waals surface area (Å²) in [4.78, 5) is 15.1. The third-order valence-corrected chi connectivity index (χ3v) is 8.19. The Balaban J connectivity index is 1.22. The average molecular weight is 480 g/mol. The number of hydrogen-bond acceptors (Lipinski definition) is 8. The lowest BCUT2D eigenvalue weighted by molar-refractivity contribution is -0.119. The van der Waals surface area contributed by atoms with Crippen molar-refractivity contribution < 1.29 is 13.9 Å². The van der Waals surface area contributed by atoms with Crippen LogP contribution in [0.15, 0.2) is 28.6 Å².